The summed E-state index contributed by atoms with van der Waals surface area (Å²) in [5.41, 5.74) is 4.42. The predicted molar refractivity (Wildman–Crippen MR) is 111 cm³/mol. The van der Waals surface area contributed by atoms with Gasteiger partial charge in [-0.05, 0) is 61.1 Å². The van der Waals surface area contributed by atoms with Gasteiger partial charge in [-0.15, -0.1) is 11.3 Å². The minimum absolute atomic E-state index is 0.455. The molecule has 2 aromatic carbocycles. The summed E-state index contributed by atoms with van der Waals surface area (Å²) in [4.78, 5) is 4.61. The Morgan fingerprint density at radius 2 is 1.65 bits per heavy atom. The zero-order valence-electron chi connectivity index (χ0n) is 14.7. The van der Waals surface area contributed by atoms with Gasteiger partial charge in [0.2, 0.25) is 0 Å². The Bertz CT molecular complexity index is 1120. The summed E-state index contributed by atoms with van der Waals surface area (Å²) >= 11 is 1.99. The largest absolute Gasteiger partial charge is 0.256 e. The highest BCUT2D eigenvalue weighted by atomic mass is 32.1. The Labute approximate surface area is 157 Å². The lowest BCUT2D eigenvalue weighted by Gasteiger charge is -2.27. The maximum atomic E-state index is 4.61. The highest BCUT2D eigenvalue weighted by Gasteiger charge is 2.46. The molecule has 2 aliphatic carbocycles. The molecule has 0 N–H and O–H groups in total. The number of rotatable bonds is 2. The van der Waals surface area contributed by atoms with Gasteiger partial charge in [-0.25, -0.2) is 0 Å². The lowest BCUT2D eigenvalue weighted by Crippen LogP contribution is -2.19. The van der Waals surface area contributed by atoms with Crippen LogP contribution < -0.4 is 0 Å². The number of hydrogen-bond acceptors (Lipinski definition) is 2. The van der Waals surface area contributed by atoms with E-state index < -0.39 is 0 Å². The molecule has 0 radical (unpaired) electrons. The van der Waals surface area contributed by atoms with E-state index in [2.05, 4.69) is 53.5 Å². The van der Waals surface area contributed by atoms with Gasteiger partial charge in [0.15, 0.2) is 0 Å². The minimum atomic E-state index is 0.455. The van der Waals surface area contributed by atoms with E-state index in [9.17, 15) is 0 Å². The molecule has 2 bridgehead atoms. The monoisotopic (exact) mass is 355 g/mol. The molecule has 1 nitrogen and oxygen atoms in total. The molecular weight excluding hydrogens is 334 g/mol. The van der Waals surface area contributed by atoms with Crippen molar-refractivity contribution in [3.63, 3.8) is 0 Å². The molecule has 2 fully saturated rings. The zero-order chi connectivity index (χ0) is 17.1. The Balaban J connectivity index is 1.65. The summed E-state index contributed by atoms with van der Waals surface area (Å²) in [6.07, 6.45) is 8.94. The number of hydrogen-bond donors (Lipinski definition) is 0. The molecule has 26 heavy (non-hydrogen) atoms. The van der Waals surface area contributed by atoms with Crippen LogP contribution in [0.15, 0.2) is 60.8 Å². The van der Waals surface area contributed by atoms with Crippen molar-refractivity contribution in [2.75, 3.05) is 0 Å². The normalized spacial score (nSPS) is 24.7. The molecule has 128 valence electrons. The summed E-state index contributed by atoms with van der Waals surface area (Å²) < 4.78 is 2.91. The predicted octanol–water partition coefficient (Wildman–Crippen LogP) is 6.95. The number of pyridine rings is 1. The molecule has 0 saturated heterocycles. The van der Waals surface area contributed by atoms with Gasteiger partial charge < -0.3 is 0 Å². The van der Waals surface area contributed by atoms with E-state index in [-0.39, 0.29) is 0 Å². The molecule has 0 spiro atoms. The number of thiophene rings is 1. The summed E-state index contributed by atoms with van der Waals surface area (Å²) in [5.74, 6) is 0.976. The smallest absolute Gasteiger partial charge is 0.0716 e. The van der Waals surface area contributed by atoms with Crippen molar-refractivity contribution in [3.8, 4) is 11.3 Å². The van der Waals surface area contributed by atoms with Crippen LogP contribution in [0, 0.1) is 5.92 Å². The van der Waals surface area contributed by atoms with Gasteiger partial charge in [0.25, 0.3) is 0 Å². The summed E-state index contributed by atoms with van der Waals surface area (Å²) in [6.45, 7) is 0. The van der Waals surface area contributed by atoms with Gasteiger partial charge >= 0.3 is 0 Å². The molecule has 0 aliphatic heterocycles. The van der Waals surface area contributed by atoms with Gasteiger partial charge in [0, 0.05) is 31.9 Å². The van der Waals surface area contributed by atoms with Gasteiger partial charge in [-0.2, -0.15) is 0 Å². The van der Waals surface area contributed by atoms with Gasteiger partial charge in [-0.3, -0.25) is 4.98 Å². The molecule has 2 aromatic heterocycles. The second kappa shape index (κ2) is 5.40. The molecule has 2 aliphatic rings. The maximum absolute atomic E-state index is 4.61. The van der Waals surface area contributed by atoms with Crippen LogP contribution in [0.4, 0.5) is 0 Å². The standard InChI is InChI=1S/C24H21NS/c1-2-14-25-21(9-1)19-7-3-5-17-18-6-4-8-20(23(18)26-22(17)19)24-12-10-16(15-24)11-13-24/h1-9,14,16H,10-13,15H2. The fourth-order valence-electron chi connectivity index (χ4n) is 5.53. The van der Waals surface area contributed by atoms with Crippen molar-refractivity contribution in [3.05, 3.63) is 66.4 Å². The molecule has 2 saturated carbocycles. The molecule has 2 heteroatoms. The fraction of sp³-hybridized carbons (Fsp3) is 0.292. The fourth-order valence-corrected chi connectivity index (χ4v) is 6.99. The summed E-state index contributed by atoms with van der Waals surface area (Å²) in [6, 6.07) is 19.9. The van der Waals surface area contributed by atoms with E-state index >= 15 is 0 Å². The van der Waals surface area contributed by atoms with E-state index in [1.807, 2.05) is 23.6 Å². The van der Waals surface area contributed by atoms with Crippen LogP contribution in [0.5, 0.6) is 0 Å². The van der Waals surface area contributed by atoms with E-state index in [0.717, 1.165) is 11.6 Å². The lowest BCUT2D eigenvalue weighted by atomic mass is 9.77. The molecular formula is C24H21NS. The molecule has 2 heterocycles. The van der Waals surface area contributed by atoms with Gasteiger partial charge in [-0.1, -0.05) is 42.5 Å². The number of nitrogens with zero attached hydrogens (tertiary/aromatic N) is 1. The minimum Gasteiger partial charge on any atom is -0.256 e. The first-order valence-corrected chi connectivity index (χ1v) is 10.5. The highest BCUT2D eigenvalue weighted by Crippen LogP contribution is 2.57. The summed E-state index contributed by atoms with van der Waals surface area (Å²) in [7, 11) is 0. The van der Waals surface area contributed by atoms with Crippen LogP contribution >= 0.6 is 11.3 Å². The number of fused-ring (bicyclic) bond motifs is 5. The van der Waals surface area contributed by atoms with Crippen LogP contribution in [0.25, 0.3) is 31.4 Å². The van der Waals surface area contributed by atoms with Crippen molar-refractivity contribution in [1.29, 1.82) is 0 Å². The third-order valence-corrected chi connectivity index (χ3v) is 8.07. The second-order valence-corrected chi connectivity index (χ2v) is 9.13. The van der Waals surface area contributed by atoms with Crippen molar-refractivity contribution in [2.24, 2.45) is 5.92 Å². The van der Waals surface area contributed by atoms with Crippen LogP contribution in [0.2, 0.25) is 0 Å². The van der Waals surface area contributed by atoms with Crippen LogP contribution in [0.1, 0.15) is 37.7 Å². The van der Waals surface area contributed by atoms with E-state index in [1.54, 1.807) is 5.56 Å². The Kier molecular flexibility index (Phi) is 3.10. The molecule has 0 unspecified atom stereocenters. The Morgan fingerprint density at radius 3 is 2.38 bits per heavy atom. The topological polar surface area (TPSA) is 12.9 Å². The third kappa shape index (κ3) is 1.99. The van der Waals surface area contributed by atoms with Crippen molar-refractivity contribution >= 4 is 31.5 Å². The first-order chi connectivity index (χ1) is 12.8. The zero-order valence-corrected chi connectivity index (χ0v) is 15.6. The average Bonchev–Trinajstić information content (AvgIpc) is 3.41. The lowest BCUT2D eigenvalue weighted by molar-refractivity contribution is 0.422. The van der Waals surface area contributed by atoms with E-state index in [0.29, 0.717) is 5.41 Å². The second-order valence-electron chi connectivity index (χ2n) is 8.11. The first kappa shape index (κ1) is 14.9. The number of aromatic nitrogens is 1. The molecule has 0 amide bonds. The van der Waals surface area contributed by atoms with Crippen molar-refractivity contribution in [1.82, 2.24) is 4.98 Å². The van der Waals surface area contributed by atoms with Gasteiger partial charge in [0.1, 0.15) is 0 Å². The van der Waals surface area contributed by atoms with E-state index in [4.69, 9.17) is 0 Å². The van der Waals surface area contributed by atoms with Crippen molar-refractivity contribution in [2.45, 2.75) is 37.5 Å². The molecule has 0 atom stereocenters. The quantitative estimate of drug-likeness (QED) is 0.379. The Morgan fingerprint density at radius 1 is 0.846 bits per heavy atom. The van der Waals surface area contributed by atoms with Crippen molar-refractivity contribution < 1.29 is 0 Å². The first-order valence-electron chi connectivity index (χ1n) is 9.70. The maximum Gasteiger partial charge on any atom is 0.0716 e. The average molecular weight is 356 g/mol. The Hall–Kier alpha value is -2.19. The summed E-state index contributed by atoms with van der Waals surface area (Å²) in [5, 5.41) is 2.82. The highest BCUT2D eigenvalue weighted by molar-refractivity contribution is 7.26. The van der Waals surface area contributed by atoms with Crippen LogP contribution in [-0.2, 0) is 5.41 Å². The SMILES string of the molecule is c1ccc(-c2cccc3c2sc2c(C45CCC(CC4)C5)cccc23)nc1. The van der Waals surface area contributed by atoms with Crippen LogP contribution in [0.3, 0.4) is 0 Å². The molecule has 4 aromatic rings. The third-order valence-electron chi connectivity index (χ3n) is 6.78. The van der Waals surface area contributed by atoms with Crippen LogP contribution in [-0.4, -0.2) is 4.98 Å². The van der Waals surface area contributed by atoms with Gasteiger partial charge in [0.05, 0.1) is 5.69 Å². The number of benzene rings is 2. The molecule has 6 rings (SSSR count). The van der Waals surface area contributed by atoms with E-state index in [1.165, 1.54) is 57.8 Å².